The van der Waals surface area contributed by atoms with Crippen LogP contribution in [0, 0.1) is 17.7 Å². The van der Waals surface area contributed by atoms with Gasteiger partial charge in [0.1, 0.15) is 16.5 Å². The Bertz CT molecular complexity index is 1200. The Labute approximate surface area is 203 Å². The lowest BCUT2D eigenvalue weighted by Crippen LogP contribution is -2.57. The van der Waals surface area contributed by atoms with Crippen LogP contribution in [0.1, 0.15) is 44.9 Å². The fourth-order valence-corrected chi connectivity index (χ4v) is 7.90. The van der Waals surface area contributed by atoms with E-state index in [0.29, 0.717) is 65.1 Å². The Morgan fingerprint density at radius 1 is 1.00 bits per heavy atom. The Balaban J connectivity index is 1.33. The van der Waals surface area contributed by atoms with Crippen LogP contribution >= 0.6 is 23.2 Å². The summed E-state index contributed by atoms with van der Waals surface area (Å²) in [6.45, 7) is 0.377. The highest BCUT2D eigenvalue weighted by molar-refractivity contribution is 7.92. The fraction of sp³-hybridized carbons (Fsp3) is 0.480. The first kappa shape index (κ1) is 23.3. The van der Waals surface area contributed by atoms with E-state index in [1.165, 1.54) is 12.1 Å². The van der Waals surface area contributed by atoms with Crippen LogP contribution in [0.4, 0.5) is 4.39 Å². The summed E-state index contributed by atoms with van der Waals surface area (Å²) in [6.07, 6.45) is 5.35. The largest absolute Gasteiger partial charge is 0.304 e. The molecule has 3 aliphatic rings. The summed E-state index contributed by atoms with van der Waals surface area (Å²) in [5.74, 6) is 0.151. The molecule has 2 saturated carbocycles. The van der Waals surface area contributed by atoms with E-state index in [4.69, 9.17) is 23.2 Å². The summed E-state index contributed by atoms with van der Waals surface area (Å²) in [6, 6.07) is 9.06. The minimum Gasteiger partial charge on any atom is -0.304 e. The Morgan fingerprint density at radius 3 is 2.36 bits per heavy atom. The number of carbonyl (C=O) groups excluding carboxylic acids is 1. The van der Waals surface area contributed by atoms with Crippen molar-refractivity contribution in [1.29, 1.82) is 0 Å². The second kappa shape index (κ2) is 8.63. The number of hydrogen-bond donors (Lipinski definition) is 1. The quantitative estimate of drug-likeness (QED) is 0.561. The molecule has 2 aromatic rings. The third kappa shape index (κ3) is 4.47. The average molecular weight is 510 g/mol. The van der Waals surface area contributed by atoms with Crippen LogP contribution in [0.3, 0.4) is 0 Å². The second-order valence-corrected chi connectivity index (χ2v) is 12.8. The first-order valence-corrected chi connectivity index (χ1v) is 13.8. The van der Waals surface area contributed by atoms with Gasteiger partial charge in [-0.1, -0.05) is 35.3 Å². The zero-order chi connectivity index (χ0) is 23.4. The smallest absolute Gasteiger partial charge is 0.184 e. The van der Waals surface area contributed by atoms with E-state index >= 15 is 4.39 Å². The number of benzene rings is 2. The van der Waals surface area contributed by atoms with Gasteiger partial charge in [0.25, 0.3) is 0 Å². The molecule has 8 heteroatoms. The van der Waals surface area contributed by atoms with Gasteiger partial charge in [-0.2, -0.15) is 0 Å². The summed E-state index contributed by atoms with van der Waals surface area (Å²) in [4.78, 5) is 12.0. The summed E-state index contributed by atoms with van der Waals surface area (Å²) in [5, 5.41) is 3.64. The number of hydrogen-bond acceptors (Lipinski definition) is 4. The zero-order valence-electron chi connectivity index (χ0n) is 18.1. The van der Waals surface area contributed by atoms with Crippen LogP contribution in [-0.2, 0) is 14.6 Å². The molecule has 1 atom stereocenters. The molecule has 1 heterocycles. The van der Waals surface area contributed by atoms with Crippen LogP contribution in [0.15, 0.2) is 41.3 Å². The highest BCUT2D eigenvalue weighted by atomic mass is 35.5. The maximum absolute atomic E-state index is 15.0. The molecule has 0 amide bonds. The van der Waals surface area contributed by atoms with Gasteiger partial charge in [0.05, 0.1) is 11.8 Å². The predicted molar refractivity (Wildman–Crippen MR) is 128 cm³/mol. The van der Waals surface area contributed by atoms with E-state index < -0.39 is 20.9 Å². The Kier molecular flexibility index (Phi) is 6.09. The van der Waals surface area contributed by atoms with Gasteiger partial charge in [0.2, 0.25) is 0 Å². The standard InChI is InChI=1S/C25H26Cl2FNO3S/c26-17-4-5-19(21(27)12-17)16-3-6-24(22(28)11-16)33(31,32)18-7-9-25(10-8-18)13-20(15-1-2-15)23(30)14-29-25/h3-6,11-12,15,18,20,29H,1-2,7-10,13-14H2. The molecule has 2 aromatic carbocycles. The van der Waals surface area contributed by atoms with Crippen molar-refractivity contribution in [1.82, 2.24) is 5.32 Å². The fourth-order valence-electron chi connectivity index (χ4n) is 5.58. The summed E-state index contributed by atoms with van der Waals surface area (Å²) in [7, 11) is -3.82. The molecular weight excluding hydrogens is 484 g/mol. The van der Waals surface area contributed by atoms with Crippen LogP contribution in [0.2, 0.25) is 10.0 Å². The van der Waals surface area contributed by atoms with Crippen LogP contribution in [0.25, 0.3) is 11.1 Å². The van der Waals surface area contributed by atoms with E-state index in [9.17, 15) is 13.2 Å². The van der Waals surface area contributed by atoms with E-state index in [1.807, 2.05) is 0 Å². The second-order valence-electron chi connectivity index (χ2n) is 9.76. The van der Waals surface area contributed by atoms with Gasteiger partial charge in [-0.05, 0) is 80.7 Å². The number of ketones is 1. The number of carbonyl (C=O) groups is 1. The topological polar surface area (TPSA) is 63.2 Å². The lowest BCUT2D eigenvalue weighted by atomic mass is 9.71. The van der Waals surface area contributed by atoms with Crippen molar-refractivity contribution < 1.29 is 17.6 Å². The summed E-state index contributed by atoms with van der Waals surface area (Å²) >= 11 is 12.2. The molecular formula is C25H26Cl2FNO3S. The molecule has 1 saturated heterocycles. The van der Waals surface area contributed by atoms with Gasteiger partial charge >= 0.3 is 0 Å². The first-order chi connectivity index (χ1) is 15.7. The molecule has 0 aromatic heterocycles. The maximum atomic E-state index is 15.0. The number of Topliss-reactive ketones (excluding diaryl/α,β-unsaturated/α-hetero) is 1. The molecule has 0 radical (unpaired) electrons. The van der Waals surface area contributed by atoms with Gasteiger partial charge in [-0.25, -0.2) is 12.8 Å². The molecule has 0 bridgehead atoms. The number of halogens is 3. The highest BCUT2D eigenvalue weighted by Crippen LogP contribution is 2.47. The molecule has 33 heavy (non-hydrogen) atoms. The molecule has 176 valence electrons. The lowest BCUT2D eigenvalue weighted by Gasteiger charge is -2.45. The van der Waals surface area contributed by atoms with Crippen molar-refractivity contribution in [2.24, 2.45) is 11.8 Å². The minimum absolute atomic E-state index is 0.115. The van der Waals surface area contributed by atoms with Crippen molar-refractivity contribution in [3.05, 3.63) is 52.3 Å². The molecule has 1 spiro atoms. The lowest BCUT2D eigenvalue weighted by molar-refractivity contribution is -0.126. The Morgan fingerprint density at radius 2 is 1.73 bits per heavy atom. The number of nitrogens with one attached hydrogen (secondary N) is 1. The number of piperidine rings is 1. The predicted octanol–water partition coefficient (Wildman–Crippen LogP) is 5.84. The van der Waals surface area contributed by atoms with Gasteiger partial charge in [-0.15, -0.1) is 0 Å². The van der Waals surface area contributed by atoms with Crippen molar-refractivity contribution in [2.45, 2.75) is 60.6 Å². The molecule has 5 rings (SSSR count). The average Bonchev–Trinajstić information content (AvgIpc) is 3.61. The first-order valence-electron chi connectivity index (χ1n) is 11.5. The molecule has 1 N–H and O–H groups in total. The van der Waals surface area contributed by atoms with E-state index in [2.05, 4.69) is 5.32 Å². The SMILES string of the molecule is O=C1CNC2(CCC(S(=O)(=O)c3ccc(-c4ccc(Cl)cc4Cl)cc3F)CC2)CC1C1CC1. The van der Waals surface area contributed by atoms with Gasteiger partial charge in [0, 0.05) is 27.1 Å². The maximum Gasteiger partial charge on any atom is 0.184 e. The van der Waals surface area contributed by atoms with Crippen LogP contribution in [-0.4, -0.2) is 31.5 Å². The Hall–Kier alpha value is -1.47. The van der Waals surface area contributed by atoms with Crippen molar-refractivity contribution >= 4 is 38.8 Å². The van der Waals surface area contributed by atoms with Gasteiger partial charge in [0.15, 0.2) is 9.84 Å². The number of sulfone groups is 1. The third-order valence-electron chi connectivity index (χ3n) is 7.66. The molecule has 2 aliphatic carbocycles. The molecule has 1 aliphatic heterocycles. The number of rotatable bonds is 4. The van der Waals surface area contributed by atoms with E-state index in [0.717, 1.165) is 19.3 Å². The third-order valence-corrected chi connectivity index (χ3v) is 10.5. The molecule has 4 nitrogen and oxygen atoms in total. The normalized spacial score (nSPS) is 28.3. The van der Waals surface area contributed by atoms with Crippen LogP contribution < -0.4 is 5.32 Å². The van der Waals surface area contributed by atoms with Crippen molar-refractivity contribution in [2.75, 3.05) is 6.54 Å². The summed E-state index contributed by atoms with van der Waals surface area (Å²) in [5.41, 5.74) is 0.922. The van der Waals surface area contributed by atoms with Crippen LogP contribution in [0.5, 0.6) is 0 Å². The highest BCUT2D eigenvalue weighted by Gasteiger charge is 2.48. The van der Waals surface area contributed by atoms with Gasteiger partial charge < -0.3 is 5.32 Å². The van der Waals surface area contributed by atoms with Gasteiger partial charge in [-0.3, -0.25) is 4.79 Å². The van der Waals surface area contributed by atoms with E-state index in [1.54, 1.807) is 24.3 Å². The monoisotopic (exact) mass is 509 g/mol. The zero-order valence-corrected chi connectivity index (χ0v) is 20.4. The van der Waals surface area contributed by atoms with Crippen molar-refractivity contribution in [3.63, 3.8) is 0 Å². The minimum atomic E-state index is -3.82. The van der Waals surface area contributed by atoms with E-state index in [-0.39, 0.29) is 16.4 Å². The molecule has 1 unspecified atom stereocenters. The summed E-state index contributed by atoms with van der Waals surface area (Å²) < 4.78 is 41.7. The van der Waals surface area contributed by atoms with Crippen molar-refractivity contribution in [3.8, 4) is 11.1 Å². The molecule has 3 fully saturated rings.